The lowest BCUT2D eigenvalue weighted by Gasteiger charge is -2.45. The molecule has 0 saturated carbocycles. The van der Waals surface area contributed by atoms with Crippen molar-refractivity contribution < 1.29 is 15.1 Å². The molecule has 2 rings (SSSR count). The van der Waals surface area contributed by atoms with Gasteiger partial charge in [0.1, 0.15) is 5.54 Å². The molecule has 3 unspecified atom stereocenters. The third-order valence-corrected chi connectivity index (χ3v) is 6.05. The van der Waals surface area contributed by atoms with Gasteiger partial charge >= 0.3 is 0 Å². The minimum Gasteiger partial charge on any atom is -0.387 e. The molecule has 0 bridgehead atoms. The Hall–Kier alpha value is -2.73. The molecule has 0 aliphatic heterocycles. The highest BCUT2D eigenvalue weighted by atomic mass is 16.5. The molecule has 4 N–H and O–H groups in total. The number of carbonyl (C=O) groups excluding carboxylic acids is 1. The van der Waals surface area contributed by atoms with E-state index in [0.717, 1.165) is 22.3 Å². The van der Waals surface area contributed by atoms with Gasteiger partial charge in [-0.2, -0.15) is 0 Å². The molecule has 0 aliphatic carbocycles. The molecule has 0 radical (unpaired) electrons. The molecule has 3 atom stereocenters. The van der Waals surface area contributed by atoms with Crippen LogP contribution in [0.4, 0.5) is 0 Å². The molecule has 1 amide bonds. The average Bonchev–Trinajstić information content (AvgIpc) is 2.76. The first kappa shape index (κ1) is 23.5. The zero-order valence-corrected chi connectivity index (χ0v) is 18.1. The highest BCUT2D eigenvalue weighted by Crippen LogP contribution is 2.33. The lowest BCUT2D eigenvalue weighted by Crippen LogP contribution is -2.69. The molecule has 0 fully saturated rings. The smallest absolute Gasteiger partial charge is 0.266 e. The van der Waals surface area contributed by atoms with Crippen LogP contribution in [0.5, 0.6) is 0 Å². The van der Waals surface area contributed by atoms with Gasteiger partial charge in [0, 0.05) is 12.5 Å². The minimum absolute atomic E-state index is 0.323. The van der Waals surface area contributed by atoms with Gasteiger partial charge in [-0.15, -0.1) is 0 Å². The van der Waals surface area contributed by atoms with Gasteiger partial charge in [-0.3, -0.25) is 15.3 Å². The molecule has 2 aromatic carbocycles. The number of aliphatic hydroxyl groups is 1. The first-order valence-corrected chi connectivity index (χ1v) is 10.0. The van der Waals surface area contributed by atoms with Crippen molar-refractivity contribution in [3.05, 3.63) is 78.4 Å². The van der Waals surface area contributed by atoms with Crippen molar-refractivity contribution in [3.63, 3.8) is 0 Å². The molecule has 0 heterocycles. The Labute approximate surface area is 179 Å². The average molecular weight is 409 g/mol. The van der Waals surface area contributed by atoms with E-state index in [-0.39, 0.29) is 5.92 Å². The van der Waals surface area contributed by atoms with E-state index in [2.05, 4.69) is 36.2 Å². The van der Waals surface area contributed by atoms with Crippen molar-refractivity contribution >= 4 is 12.0 Å². The number of nitrogens with one attached hydrogen (secondary N) is 2. The summed E-state index contributed by atoms with van der Waals surface area (Å²) < 4.78 is 0. The van der Waals surface area contributed by atoms with Crippen LogP contribution in [-0.4, -0.2) is 33.9 Å². The number of benzene rings is 2. The molecule has 30 heavy (non-hydrogen) atoms. The third kappa shape index (κ3) is 5.05. The first-order valence-electron chi connectivity index (χ1n) is 10.0. The molecule has 5 nitrogen and oxygen atoms in total. The number of hydroxylamine groups is 1. The van der Waals surface area contributed by atoms with E-state index in [1.54, 1.807) is 33.2 Å². The Morgan fingerprint density at radius 1 is 1.10 bits per heavy atom. The fraction of sp³-hybridized carbons (Fsp3) is 0.320. The summed E-state index contributed by atoms with van der Waals surface area (Å²) in [5, 5.41) is 23.4. The van der Waals surface area contributed by atoms with E-state index in [0.29, 0.717) is 6.54 Å². The lowest BCUT2D eigenvalue weighted by atomic mass is 9.71. The molecule has 0 aliphatic rings. The summed E-state index contributed by atoms with van der Waals surface area (Å²) in [7, 11) is 0. The lowest BCUT2D eigenvalue weighted by molar-refractivity contribution is -0.150. The summed E-state index contributed by atoms with van der Waals surface area (Å²) in [4.78, 5) is 12.4. The molecule has 160 valence electrons. The van der Waals surface area contributed by atoms with E-state index < -0.39 is 17.0 Å². The van der Waals surface area contributed by atoms with Crippen molar-refractivity contribution in [2.24, 2.45) is 5.92 Å². The Kier molecular flexibility index (Phi) is 7.73. The topological polar surface area (TPSA) is 81.6 Å². The van der Waals surface area contributed by atoms with E-state index in [1.165, 1.54) is 0 Å². The highest BCUT2D eigenvalue weighted by Gasteiger charge is 2.52. The SMILES string of the molecule is C=C(C)C(C)C(C)(O)C(C)(NCC=Cc1ccc(-c2ccccc2)cc1)C(=O)NO. The van der Waals surface area contributed by atoms with Gasteiger partial charge in [-0.1, -0.05) is 85.8 Å². The van der Waals surface area contributed by atoms with Crippen molar-refractivity contribution in [2.75, 3.05) is 6.54 Å². The monoisotopic (exact) mass is 408 g/mol. The van der Waals surface area contributed by atoms with Crippen molar-refractivity contribution in [3.8, 4) is 11.1 Å². The van der Waals surface area contributed by atoms with Crippen LogP contribution in [0.1, 0.15) is 33.3 Å². The molecule has 2 aromatic rings. The number of hydrogen-bond donors (Lipinski definition) is 4. The van der Waals surface area contributed by atoms with Crippen LogP contribution in [0.3, 0.4) is 0 Å². The number of amides is 1. The fourth-order valence-electron chi connectivity index (χ4n) is 3.39. The Morgan fingerprint density at radius 2 is 1.67 bits per heavy atom. The van der Waals surface area contributed by atoms with Crippen LogP contribution in [-0.2, 0) is 4.79 Å². The van der Waals surface area contributed by atoms with E-state index >= 15 is 0 Å². The van der Waals surface area contributed by atoms with Gasteiger partial charge in [0.05, 0.1) is 5.60 Å². The van der Waals surface area contributed by atoms with Gasteiger partial charge in [-0.25, -0.2) is 5.48 Å². The zero-order valence-electron chi connectivity index (χ0n) is 18.1. The van der Waals surface area contributed by atoms with Crippen LogP contribution >= 0.6 is 0 Å². The molecule has 0 spiro atoms. The normalized spacial score (nSPS) is 16.5. The molecular formula is C25H32N2O3. The second-order valence-corrected chi connectivity index (χ2v) is 8.05. The molecule has 0 saturated heterocycles. The first-order chi connectivity index (χ1) is 14.1. The summed E-state index contributed by atoms with van der Waals surface area (Å²) in [6.07, 6.45) is 3.82. The predicted octanol–water partition coefficient (Wildman–Crippen LogP) is 4.18. The maximum atomic E-state index is 12.4. The molecule has 5 heteroatoms. The largest absolute Gasteiger partial charge is 0.387 e. The van der Waals surface area contributed by atoms with E-state index in [4.69, 9.17) is 0 Å². The second-order valence-electron chi connectivity index (χ2n) is 8.05. The number of carbonyl (C=O) groups is 1. The van der Waals surface area contributed by atoms with Crippen LogP contribution in [0, 0.1) is 5.92 Å². The summed E-state index contributed by atoms with van der Waals surface area (Å²) in [6.45, 7) is 11.0. The van der Waals surface area contributed by atoms with Gasteiger partial charge in [0.25, 0.3) is 5.91 Å². The highest BCUT2D eigenvalue weighted by molar-refractivity contribution is 5.86. The predicted molar refractivity (Wildman–Crippen MR) is 122 cm³/mol. The van der Waals surface area contributed by atoms with Gasteiger partial charge in [0.15, 0.2) is 0 Å². The fourth-order valence-corrected chi connectivity index (χ4v) is 3.39. The summed E-state index contributed by atoms with van der Waals surface area (Å²) >= 11 is 0. The second kappa shape index (κ2) is 9.85. The minimum atomic E-state index is -1.48. The van der Waals surface area contributed by atoms with E-state index in [9.17, 15) is 15.1 Å². The quantitative estimate of drug-likeness (QED) is 0.285. The maximum absolute atomic E-state index is 12.4. The van der Waals surface area contributed by atoms with Crippen LogP contribution in [0.15, 0.2) is 72.8 Å². The van der Waals surface area contributed by atoms with Crippen LogP contribution < -0.4 is 10.8 Å². The van der Waals surface area contributed by atoms with Gasteiger partial charge in [0.2, 0.25) is 0 Å². The summed E-state index contributed by atoms with van der Waals surface area (Å²) in [6, 6.07) is 18.3. The van der Waals surface area contributed by atoms with Crippen molar-refractivity contribution in [1.29, 1.82) is 0 Å². The van der Waals surface area contributed by atoms with Crippen molar-refractivity contribution in [1.82, 2.24) is 10.8 Å². The Bertz CT molecular complexity index is 888. The molecular weight excluding hydrogens is 376 g/mol. The zero-order chi connectivity index (χ0) is 22.4. The maximum Gasteiger partial charge on any atom is 0.266 e. The van der Waals surface area contributed by atoms with Gasteiger partial charge < -0.3 is 5.11 Å². The van der Waals surface area contributed by atoms with Crippen LogP contribution in [0.2, 0.25) is 0 Å². The summed E-state index contributed by atoms with van der Waals surface area (Å²) in [5.41, 5.74) is 2.83. The number of rotatable bonds is 9. The van der Waals surface area contributed by atoms with E-state index in [1.807, 2.05) is 42.5 Å². The Morgan fingerprint density at radius 3 is 2.20 bits per heavy atom. The number of hydrogen-bond acceptors (Lipinski definition) is 4. The standard InChI is InChI=1S/C25H32N2O3/c1-18(2)19(3)25(5,29)24(4,23(28)27-30)26-17-9-10-20-13-15-22(16-14-20)21-11-7-6-8-12-21/h6-16,19,26,29-30H,1,17H2,2-5H3,(H,27,28). The molecule has 0 aromatic heterocycles. The van der Waals surface area contributed by atoms with Gasteiger partial charge in [-0.05, 0) is 37.5 Å². The van der Waals surface area contributed by atoms with Crippen LogP contribution in [0.25, 0.3) is 17.2 Å². The Balaban J connectivity index is 2.10. The summed E-state index contributed by atoms with van der Waals surface area (Å²) in [5.74, 6) is -1.08. The third-order valence-electron chi connectivity index (χ3n) is 6.05. The van der Waals surface area contributed by atoms with Crippen molar-refractivity contribution in [2.45, 2.75) is 38.8 Å².